The second-order valence-electron chi connectivity index (χ2n) is 4.73. The SMILES string of the molecule is COCc1cccc(C(=O)N2CCN(C)CC2)c1. The molecule has 0 radical (unpaired) electrons. The van der Waals surface area contributed by atoms with Crippen LogP contribution in [0.2, 0.25) is 0 Å². The number of ether oxygens (including phenoxy) is 1. The van der Waals surface area contributed by atoms with Gasteiger partial charge in [0.2, 0.25) is 0 Å². The number of carbonyl (C=O) groups is 1. The molecule has 0 aliphatic carbocycles. The fourth-order valence-electron chi connectivity index (χ4n) is 2.15. The fraction of sp³-hybridized carbons (Fsp3) is 0.500. The van der Waals surface area contributed by atoms with E-state index in [1.165, 1.54) is 0 Å². The van der Waals surface area contributed by atoms with E-state index in [9.17, 15) is 4.79 Å². The Morgan fingerprint density at radius 3 is 2.67 bits per heavy atom. The van der Waals surface area contributed by atoms with E-state index in [0.29, 0.717) is 6.61 Å². The average molecular weight is 248 g/mol. The van der Waals surface area contributed by atoms with Crippen LogP contribution in [0.25, 0.3) is 0 Å². The molecule has 1 aliphatic rings. The molecule has 4 nitrogen and oxygen atoms in total. The summed E-state index contributed by atoms with van der Waals surface area (Å²) in [4.78, 5) is 16.5. The molecule has 18 heavy (non-hydrogen) atoms. The van der Waals surface area contributed by atoms with Gasteiger partial charge < -0.3 is 14.5 Å². The van der Waals surface area contributed by atoms with Crippen LogP contribution in [0.15, 0.2) is 24.3 Å². The Kier molecular flexibility index (Phi) is 4.33. The Hall–Kier alpha value is -1.39. The second kappa shape index (κ2) is 5.98. The lowest BCUT2D eigenvalue weighted by Crippen LogP contribution is -2.47. The number of carbonyl (C=O) groups excluding carboxylic acids is 1. The highest BCUT2D eigenvalue weighted by atomic mass is 16.5. The van der Waals surface area contributed by atoms with Crippen LogP contribution >= 0.6 is 0 Å². The quantitative estimate of drug-likeness (QED) is 0.806. The molecule has 0 aromatic heterocycles. The number of piperazine rings is 1. The van der Waals surface area contributed by atoms with E-state index in [-0.39, 0.29) is 5.91 Å². The Morgan fingerprint density at radius 1 is 1.28 bits per heavy atom. The Morgan fingerprint density at radius 2 is 2.00 bits per heavy atom. The van der Waals surface area contributed by atoms with Crippen LogP contribution < -0.4 is 0 Å². The molecule has 0 atom stereocenters. The van der Waals surface area contributed by atoms with Crippen molar-refractivity contribution in [1.29, 1.82) is 0 Å². The van der Waals surface area contributed by atoms with Crippen molar-refractivity contribution in [3.05, 3.63) is 35.4 Å². The van der Waals surface area contributed by atoms with Gasteiger partial charge in [-0.25, -0.2) is 0 Å². The van der Waals surface area contributed by atoms with Gasteiger partial charge >= 0.3 is 0 Å². The normalized spacial score (nSPS) is 16.9. The van der Waals surface area contributed by atoms with E-state index >= 15 is 0 Å². The first-order valence-corrected chi connectivity index (χ1v) is 6.26. The van der Waals surface area contributed by atoms with E-state index in [2.05, 4.69) is 11.9 Å². The van der Waals surface area contributed by atoms with E-state index in [1.54, 1.807) is 7.11 Å². The van der Waals surface area contributed by atoms with Crippen LogP contribution in [0.4, 0.5) is 0 Å². The summed E-state index contributed by atoms with van der Waals surface area (Å²) in [5.41, 5.74) is 1.80. The number of rotatable bonds is 3. The lowest BCUT2D eigenvalue weighted by molar-refractivity contribution is 0.0664. The van der Waals surface area contributed by atoms with Crippen molar-refractivity contribution >= 4 is 5.91 Å². The number of nitrogens with zero attached hydrogens (tertiary/aromatic N) is 2. The first-order chi connectivity index (χ1) is 8.70. The van der Waals surface area contributed by atoms with Gasteiger partial charge in [0.15, 0.2) is 0 Å². The van der Waals surface area contributed by atoms with E-state index in [4.69, 9.17) is 4.74 Å². The predicted octanol–water partition coefficient (Wildman–Crippen LogP) is 1.22. The van der Waals surface area contributed by atoms with Crippen molar-refractivity contribution < 1.29 is 9.53 Å². The smallest absolute Gasteiger partial charge is 0.253 e. The Bertz CT molecular complexity index is 412. The molecular weight excluding hydrogens is 228 g/mol. The molecular formula is C14H20N2O2. The first kappa shape index (κ1) is 13.1. The van der Waals surface area contributed by atoms with Gasteiger partial charge in [0.25, 0.3) is 5.91 Å². The zero-order chi connectivity index (χ0) is 13.0. The number of methoxy groups -OCH3 is 1. The maximum Gasteiger partial charge on any atom is 0.253 e. The third kappa shape index (κ3) is 3.09. The maximum atomic E-state index is 12.3. The van der Waals surface area contributed by atoms with Crippen LogP contribution in [-0.2, 0) is 11.3 Å². The van der Waals surface area contributed by atoms with Gasteiger partial charge in [-0.3, -0.25) is 4.79 Å². The molecule has 1 saturated heterocycles. The molecule has 0 bridgehead atoms. The zero-order valence-electron chi connectivity index (χ0n) is 11.1. The molecule has 0 unspecified atom stereocenters. The van der Waals surface area contributed by atoms with Gasteiger partial charge in [-0.2, -0.15) is 0 Å². The molecule has 2 rings (SSSR count). The van der Waals surface area contributed by atoms with Crippen LogP contribution in [0.1, 0.15) is 15.9 Å². The van der Waals surface area contributed by atoms with Crippen molar-refractivity contribution in [2.24, 2.45) is 0 Å². The number of likely N-dealkylation sites (N-methyl/N-ethyl adjacent to an activating group) is 1. The number of hydrogen-bond acceptors (Lipinski definition) is 3. The lowest BCUT2D eigenvalue weighted by Gasteiger charge is -2.32. The summed E-state index contributed by atoms with van der Waals surface area (Å²) in [5.74, 6) is 0.126. The van der Waals surface area contributed by atoms with Gasteiger partial charge in [0, 0.05) is 38.9 Å². The minimum Gasteiger partial charge on any atom is -0.380 e. The Balaban J connectivity index is 2.06. The number of hydrogen-bond donors (Lipinski definition) is 0. The van der Waals surface area contributed by atoms with Crippen LogP contribution in [0.3, 0.4) is 0 Å². The zero-order valence-corrected chi connectivity index (χ0v) is 11.1. The molecule has 0 spiro atoms. The van der Waals surface area contributed by atoms with Gasteiger partial charge in [0.1, 0.15) is 0 Å². The monoisotopic (exact) mass is 248 g/mol. The summed E-state index contributed by atoms with van der Waals surface area (Å²) in [6.07, 6.45) is 0. The highest BCUT2D eigenvalue weighted by molar-refractivity contribution is 5.94. The first-order valence-electron chi connectivity index (χ1n) is 6.26. The largest absolute Gasteiger partial charge is 0.380 e. The predicted molar refractivity (Wildman–Crippen MR) is 70.6 cm³/mol. The second-order valence-corrected chi connectivity index (χ2v) is 4.73. The van der Waals surface area contributed by atoms with Crippen LogP contribution in [-0.4, -0.2) is 56.0 Å². The van der Waals surface area contributed by atoms with Crippen molar-refractivity contribution in [3.63, 3.8) is 0 Å². The average Bonchev–Trinajstić information content (AvgIpc) is 2.39. The van der Waals surface area contributed by atoms with E-state index in [1.807, 2.05) is 29.2 Å². The van der Waals surface area contributed by atoms with Crippen molar-refractivity contribution in [3.8, 4) is 0 Å². The van der Waals surface area contributed by atoms with Gasteiger partial charge in [-0.1, -0.05) is 12.1 Å². The lowest BCUT2D eigenvalue weighted by atomic mass is 10.1. The summed E-state index contributed by atoms with van der Waals surface area (Å²) in [7, 11) is 3.75. The topological polar surface area (TPSA) is 32.8 Å². The van der Waals surface area contributed by atoms with E-state index in [0.717, 1.165) is 37.3 Å². The van der Waals surface area contributed by atoms with Gasteiger partial charge in [-0.05, 0) is 24.7 Å². The molecule has 1 heterocycles. The van der Waals surface area contributed by atoms with E-state index < -0.39 is 0 Å². The van der Waals surface area contributed by atoms with Gasteiger partial charge in [0.05, 0.1) is 6.61 Å². The summed E-state index contributed by atoms with van der Waals surface area (Å²) in [6.45, 7) is 4.06. The molecule has 4 heteroatoms. The number of amides is 1. The third-order valence-corrected chi connectivity index (χ3v) is 3.28. The highest BCUT2D eigenvalue weighted by Crippen LogP contribution is 2.11. The summed E-state index contributed by atoms with van der Waals surface area (Å²) in [6, 6.07) is 7.69. The molecule has 1 amide bonds. The fourth-order valence-corrected chi connectivity index (χ4v) is 2.15. The summed E-state index contributed by atoms with van der Waals surface area (Å²) < 4.78 is 5.09. The molecule has 1 aromatic carbocycles. The van der Waals surface area contributed by atoms with Crippen LogP contribution in [0.5, 0.6) is 0 Å². The summed E-state index contributed by atoms with van der Waals surface area (Å²) in [5, 5.41) is 0. The maximum absolute atomic E-state index is 12.3. The molecule has 1 aromatic rings. The van der Waals surface area contributed by atoms with Crippen molar-refractivity contribution in [1.82, 2.24) is 9.80 Å². The van der Waals surface area contributed by atoms with Crippen molar-refractivity contribution in [2.45, 2.75) is 6.61 Å². The van der Waals surface area contributed by atoms with Gasteiger partial charge in [-0.15, -0.1) is 0 Å². The standard InChI is InChI=1S/C14H20N2O2/c1-15-6-8-16(9-7-15)14(17)13-5-3-4-12(10-13)11-18-2/h3-5,10H,6-9,11H2,1-2H3. The minimum absolute atomic E-state index is 0.126. The molecule has 1 aliphatic heterocycles. The molecule has 1 fully saturated rings. The number of benzene rings is 1. The molecule has 0 saturated carbocycles. The molecule has 98 valence electrons. The molecule has 0 N–H and O–H groups in total. The Labute approximate surface area is 108 Å². The third-order valence-electron chi connectivity index (χ3n) is 3.28. The van der Waals surface area contributed by atoms with Crippen LogP contribution in [0, 0.1) is 0 Å². The van der Waals surface area contributed by atoms with Crippen molar-refractivity contribution in [2.75, 3.05) is 40.3 Å². The summed E-state index contributed by atoms with van der Waals surface area (Å²) >= 11 is 0. The minimum atomic E-state index is 0.126. The highest BCUT2D eigenvalue weighted by Gasteiger charge is 2.20.